The predicted octanol–water partition coefficient (Wildman–Crippen LogP) is -0.340. The zero-order chi connectivity index (χ0) is 7.23. The summed E-state index contributed by atoms with van der Waals surface area (Å²) in [6, 6.07) is 5.91. The fourth-order valence-electron chi connectivity index (χ4n) is 0.514. The largest absolute Gasteiger partial charge is 1.00 e. The maximum Gasteiger partial charge on any atom is 1.00 e. The Hall–Kier alpha value is 0.447. The number of nitrogens with zero attached hydrogens (tertiary/aromatic N) is 1. The van der Waals surface area contributed by atoms with Crippen molar-refractivity contribution in [1.29, 1.82) is 0 Å². The molecule has 0 amide bonds. The van der Waals surface area contributed by atoms with E-state index < -0.39 is 0 Å². The molecule has 1 heterocycles. The van der Waals surface area contributed by atoms with Crippen LogP contribution in [0.25, 0.3) is 0 Å². The van der Waals surface area contributed by atoms with Gasteiger partial charge in [0, 0.05) is 6.20 Å². The first-order valence-corrected chi connectivity index (χ1v) is 5.02. The van der Waals surface area contributed by atoms with Crippen LogP contribution in [0.15, 0.2) is 29.4 Å². The van der Waals surface area contributed by atoms with E-state index in [4.69, 9.17) is 0 Å². The van der Waals surface area contributed by atoms with Gasteiger partial charge in [0.15, 0.2) is 0 Å². The van der Waals surface area contributed by atoms with Gasteiger partial charge in [-0.15, -0.1) is 0 Å². The Balaban J connectivity index is 0.000001000. The quantitative estimate of drug-likeness (QED) is 0.356. The summed E-state index contributed by atoms with van der Waals surface area (Å²) < 4.78 is 0. The minimum Gasteiger partial charge on any atom is -0.344 e. The van der Waals surface area contributed by atoms with E-state index in [-0.39, 0.29) is 18.9 Å². The summed E-state index contributed by atoms with van der Waals surface area (Å²) in [5, 5.41) is 3.11. The van der Waals surface area contributed by atoms with Crippen molar-refractivity contribution in [3.05, 3.63) is 29.5 Å². The second-order valence-electron chi connectivity index (χ2n) is 1.62. The Kier molecular flexibility index (Phi) is 7.41. The van der Waals surface area contributed by atoms with Crippen molar-refractivity contribution in [2.45, 2.75) is 5.03 Å². The average Bonchev–Trinajstić information content (AvgIpc) is 2.03. The van der Waals surface area contributed by atoms with Crippen LogP contribution in [0, 0.1) is 5.08 Å². The molecule has 1 nitrogen and oxygen atoms in total. The van der Waals surface area contributed by atoms with Gasteiger partial charge in [0.05, 0.1) is 5.03 Å². The van der Waals surface area contributed by atoms with E-state index in [1.807, 2.05) is 24.5 Å². The summed E-state index contributed by atoms with van der Waals surface area (Å²) in [6.45, 7) is 0. The maximum absolute atomic E-state index is 4.13. The third kappa shape index (κ3) is 4.81. The first-order valence-electron chi connectivity index (χ1n) is 2.85. The van der Waals surface area contributed by atoms with Crippen LogP contribution < -0.4 is 18.9 Å². The zero-order valence-electron chi connectivity index (χ0n) is 6.65. The van der Waals surface area contributed by atoms with E-state index in [0.717, 1.165) is 5.03 Å². The number of rotatable bonds is 3. The molecule has 0 saturated heterocycles. The molecule has 0 radical (unpaired) electrons. The van der Waals surface area contributed by atoms with Gasteiger partial charge in [0.1, 0.15) is 0 Å². The molecule has 0 spiro atoms. The van der Waals surface area contributed by atoms with Crippen molar-refractivity contribution in [2.24, 2.45) is 0 Å². The topological polar surface area (TPSA) is 12.9 Å². The molecule has 0 atom stereocenters. The van der Waals surface area contributed by atoms with Crippen molar-refractivity contribution in [2.75, 3.05) is 6.26 Å². The van der Waals surface area contributed by atoms with Gasteiger partial charge < -0.3 is 11.8 Å². The molecule has 1 rings (SSSR count). The Morgan fingerprint density at radius 2 is 2.27 bits per heavy atom. The molecule has 0 aliphatic carbocycles. The molecule has 0 saturated carbocycles. The minimum absolute atomic E-state index is 0. The van der Waals surface area contributed by atoms with Gasteiger partial charge in [-0.25, -0.2) is 5.08 Å². The van der Waals surface area contributed by atoms with Crippen LogP contribution in [0.1, 0.15) is 0 Å². The van der Waals surface area contributed by atoms with Crippen LogP contribution in [0.2, 0.25) is 0 Å². The van der Waals surface area contributed by atoms with Gasteiger partial charge in [-0.2, -0.15) is 0 Å². The van der Waals surface area contributed by atoms with Gasteiger partial charge in [0.25, 0.3) is 0 Å². The second kappa shape index (κ2) is 7.12. The van der Waals surface area contributed by atoms with E-state index in [2.05, 4.69) is 10.1 Å². The molecule has 1 aromatic heterocycles. The SMILES string of the molecule is CS[CH-]Sc1ccccn1.[Li+]. The van der Waals surface area contributed by atoms with Crippen LogP contribution in [0.5, 0.6) is 0 Å². The van der Waals surface area contributed by atoms with E-state index >= 15 is 0 Å². The predicted molar refractivity (Wildman–Crippen MR) is 47.9 cm³/mol. The van der Waals surface area contributed by atoms with E-state index in [1.54, 1.807) is 29.7 Å². The molecular weight excluding hydrogens is 169 g/mol. The summed E-state index contributed by atoms with van der Waals surface area (Å²) >= 11 is 3.34. The molecule has 0 unspecified atom stereocenters. The van der Waals surface area contributed by atoms with Gasteiger partial charge in [0.2, 0.25) is 0 Å². The van der Waals surface area contributed by atoms with Crippen LogP contribution in [-0.2, 0) is 0 Å². The van der Waals surface area contributed by atoms with Crippen LogP contribution in [0.4, 0.5) is 0 Å². The van der Waals surface area contributed by atoms with Crippen molar-refractivity contribution < 1.29 is 18.9 Å². The molecule has 1 aromatic rings. The summed E-state index contributed by atoms with van der Waals surface area (Å²) in [7, 11) is 0. The van der Waals surface area contributed by atoms with Crippen molar-refractivity contribution in [3.8, 4) is 0 Å². The van der Waals surface area contributed by atoms with Crippen LogP contribution >= 0.6 is 23.5 Å². The summed E-state index contributed by atoms with van der Waals surface area (Å²) in [5.74, 6) is 0. The Morgan fingerprint density at radius 1 is 1.45 bits per heavy atom. The molecule has 11 heavy (non-hydrogen) atoms. The van der Waals surface area contributed by atoms with Crippen molar-refractivity contribution >= 4 is 23.5 Å². The monoisotopic (exact) mass is 177 g/mol. The normalized spacial score (nSPS) is 8.82. The van der Waals surface area contributed by atoms with Gasteiger partial charge in [-0.3, -0.25) is 16.7 Å². The Morgan fingerprint density at radius 3 is 2.82 bits per heavy atom. The molecule has 4 heteroatoms. The van der Waals surface area contributed by atoms with Crippen molar-refractivity contribution in [3.63, 3.8) is 0 Å². The Bertz CT molecular complexity index is 181. The first-order chi connectivity index (χ1) is 4.93. The molecule has 0 bridgehead atoms. The van der Waals surface area contributed by atoms with Crippen LogP contribution in [0.3, 0.4) is 0 Å². The Labute approximate surface area is 87.9 Å². The number of hydrogen-bond donors (Lipinski definition) is 0. The molecule has 54 valence electrons. The zero-order valence-corrected chi connectivity index (χ0v) is 8.28. The van der Waals surface area contributed by atoms with E-state index in [0.29, 0.717) is 0 Å². The standard InChI is InChI=1S/C7H8NS2.Li/c1-9-6-10-7-4-2-3-5-8-7;/h2-6H,1H3;/q-1;+1. The summed E-state index contributed by atoms with van der Waals surface area (Å²) in [6.07, 6.45) is 3.84. The van der Waals surface area contributed by atoms with E-state index in [9.17, 15) is 0 Å². The molecule has 0 aliphatic rings. The molecule has 0 N–H and O–H groups in total. The summed E-state index contributed by atoms with van der Waals surface area (Å²) in [4.78, 5) is 4.13. The number of hydrogen-bond acceptors (Lipinski definition) is 3. The number of thioether (sulfide) groups is 2. The number of pyridine rings is 1. The summed E-state index contributed by atoms with van der Waals surface area (Å²) in [5.41, 5.74) is 0. The van der Waals surface area contributed by atoms with Gasteiger partial charge >= 0.3 is 18.9 Å². The van der Waals surface area contributed by atoms with Crippen molar-refractivity contribution in [1.82, 2.24) is 4.98 Å². The maximum atomic E-state index is 4.13. The first kappa shape index (κ1) is 11.4. The van der Waals surface area contributed by atoms with E-state index in [1.165, 1.54) is 0 Å². The molecule has 0 fully saturated rings. The molecule has 0 aliphatic heterocycles. The molecular formula is C7H8LiNS2. The number of aromatic nitrogens is 1. The minimum atomic E-state index is 0. The fourth-order valence-corrected chi connectivity index (χ4v) is 1.57. The van der Waals surface area contributed by atoms with Gasteiger partial charge in [-0.1, -0.05) is 6.07 Å². The van der Waals surface area contributed by atoms with Crippen LogP contribution in [-0.4, -0.2) is 11.2 Å². The fraction of sp³-hybridized carbons (Fsp3) is 0.143. The third-order valence-electron chi connectivity index (χ3n) is 0.903. The third-order valence-corrected chi connectivity index (χ3v) is 2.54. The second-order valence-corrected chi connectivity index (χ2v) is 3.51. The smallest absolute Gasteiger partial charge is 0.344 e. The van der Waals surface area contributed by atoms with Gasteiger partial charge in [-0.05, 0) is 18.4 Å². The molecule has 0 aromatic carbocycles. The average molecular weight is 177 g/mol.